The summed E-state index contributed by atoms with van der Waals surface area (Å²) in [5.41, 5.74) is 3.52. The number of anilines is 1. The number of nitrogens with one attached hydrogen (secondary N) is 1. The van der Waals surface area contributed by atoms with Crippen LogP contribution in [0.15, 0.2) is 66.7 Å². The number of piperazine rings is 1. The van der Waals surface area contributed by atoms with Crippen LogP contribution in [0.4, 0.5) is 10.5 Å². The fourth-order valence-corrected chi connectivity index (χ4v) is 3.67. The Balaban J connectivity index is 1.36. The van der Waals surface area contributed by atoms with Crippen molar-refractivity contribution < 1.29 is 14.3 Å². The van der Waals surface area contributed by atoms with E-state index in [9.17, 15) is 9.59 Å². The molecular weight excluding hydrogens is 378 g/mol. The topological polar surface area (TPSA) is 61.9 Å². The largest absolute Gasteiger partial charge is 0.439 e. The van der Waals surface area contributed by atoms with Crippen LogP contribution in [0.3, 0.4) is 0 Å². The molecule has 0 spiro atoms. The van der Waals surface area contributed by atoms with Gasteiger partial charge in [-0.15, -0.1) is 0 Å². The van der Waals surface area contributed by atoms with E-state index in [-0.39, 0.29) is 12.5 Å². The van der Waals surface area contributed by atoms with E-state index in [1.807, 2.05) is 0 Å². The Hall–Kier alpha value is -3.54. The zero-order valence-corrected chi connectivity index (χ0v) is 17.0. The van der Waals surface area contributed by atoms with Crippen LogP contribution in [0.25, 0.3) is 21.9 Å². The van der Waals surface area contributed by atoms with Gasteiger partial charge in [0, 0.05) is 38.9 Å². The molecule has 1 aliphatic rings. The second-order valence-corrected chi connectivity index (χ2v) is 7.31. The van der Waals surface area contributed by atoms with E-state index in [0.717, 1.165) is 18.8 Å². The van der Waals surface area contributed by atoms with Crippen molar-refractivity contribution in [3.63, 3.8) is 0 Å². The number of hydrogen-bond acceptors (Lipinski definition) is 4. The summed E-state index contributed by atoms with van der Waals surface area (Å²) < 4.78 is 5.03. The Bertz CT molecular complexity index is 1040. The maximum absolute atomic E-state index is 12.1. The second kappa shape index (κ2) is 8.86. The summed E-state index contributed by atoms with van der Waals surface area (Å²) >= 11 is 0. The Kier molecular flexibility index (Phi) is 5.84. The molecule has 1 N–H and O–H groups in total. The molecule has 3 aromatic carbocycles. The lowest BCUT2D eigenvalue weighted by Gasteiger charge is -2.35. The first kappa shape index (κ1) is 19.8. The van der Waals surface area contributed by atoms with Crippen LogP contribution in [0.5, 0.6) is 0 Å². The van der Waals surface area contributed by atoms with Crippen LogP contribution >= 0.6 is 0 Å². The van der Waals surface area contributed by atoms with Gasteiger partial charge in [-0.1, -0.05) is 48.5 Å². The third-order valence-corrected chi connectivity index (χ3v) is 5.46. The normalized spacial score (nSPS) is 13.9. The van der Waals surface area contributed by atoms with Crippen molar-refractivity contribution in [3.8, 4) is 11.1 Å². The number of fused-ring (bicyclic) bond motifs is 1. The van der Waals surface area contributed by atoms with Gasteiger partial charge in [-0.2, -0.15) is 0 Å². The first-order chi connectivity index (χ1) is 14.6. The molecule has 1 heterocycles. The van der Waals surface area contributed by atoms with Crippen molar-refractivity contribution in [2.24, 2.45) is 0 Å². The summed E-state index contributed by atoms with van der Waals surface area (Å²) in [5.74, 6) is -0.312. The Morgan fingerprint density at radius 3 is 2.23 bits per heavy atom. The van der Waals surface area contributed by atoms with Gasteiger partial charge in [-0.25, -0.2) is 4.79 Å². The van der Waals surface area contributed by atoms with Gasteiger partial charge >= 0.3 is 6.09 Å². The van der Waals surface area contributed by atoms with Crippen molar-refractivity contribution in [3.05, 3.63) is 66.7 Å². The minimum absolute atomic E-state index is 0.244. The maximum atomic E-state index is 12.1. The number of carbonyl (C=O) groups is 2. The number of likely N-dealkylation sites (N-methyl/N-ethyl adjacent to an activating group) is 1. The Labute approximate surface area is 176 Å². The molecule has 4 rings (SSSR count). The number of ether oxygens (including phenoxy) is 1. The highest BCUT2D eigenvalue weighted by atomic mass is 16.6. The van der Waals surface area contributed by atoms with Crippen LogP contribution < -0.4 is 10.2 Å². The van der Waals surface area contributed by atoms with Crippen LogP contribution in [-0.2, 0) is 9.53 Å². The molecule has 0 unspecified atom stereocenters. The number of hydrogen-bond donors (Lipinski definition) is 1. The molecule has 0 saturated carbocycles. The van der Waals surface area contributed by atoms with Crippen molar-refractivity contribution in [1.82, 2.24) is 10.2 Å². The van der Waals surface area contributed by atoms with E-state index in [1.165, 1.54) is 28.9 Å². The lowest BCUT2D eigenvalue weighted by atomic mass is 10.0. The summed E-state index contributed by atoms with van der Waals surface area (Å²) in [4.78, 5) is 27.2. The van der Waals surface area contributed by atoms with Crippen molar-refractivity contribution in [2.45, 2.75) is 0 Å². The van der Waals surface area contributed by atoms with Crippen LogP contribution in [0, 0.1) is 0 Å². The van der Waals surface area contributed by atoms with Gasteiger partial charge in [-0.05, 0) is 40.1 Å². The number of benzene rings is 3. The molecule has 0 atom stereocenters. The van der Waals surface area contributed by atoms with Crippen molar-refractivity contribution >= 4 is 28.5 Å². The third-order valence-electron chi connectivity index (χ3n) is 5.46. The van der Waals surface area contributed by atoms with E-state index in [4.69, 9.17) is 4.74 Å². The molecule has 3 aromatic rings. The fourth-order valence-electron chi connectivity index (χ4n) is 3.67. The Morgan fingerprint density at radius 2 is 1.53 bits per heavy atom. The highest BCUT2D eigenvalue weighted by molar-refractivity contribution is 5.87. The summed E-state index contributed by atoms with van der Waals surface area (Å²) in [6.45, 7) is 2.35. The Morgan fingerprint density at radius 1 is 0.867 bits per heavy atom. The average Bonchev–Trinajstić information content (AvgIpc) is 2.82. The SMILES string of the molecule is CNC(=O)COC(=O)N1CCN(c2ccc(-c3ccc4ccccc4c3)cc2)CC1. The fraction of sp³-hybridized carbons (Fsp3) is 0.250. The van der Waals surface area contributed by atoms with Gasteiger partial charge in [-0.3, -0.25) is 4.79 Å². The number of amides is 2. The van der Waals surface area contributed by atoms with Gasteiger partial charge in [0.1, 0.15) is 0 Å². The van der Waals surface area contributed by atoms with Gasteiger partial charge < -0.3 is 19.9 Å². The lowest BCUT2D eigenvalue weighted by Crippen LogP contribution is -2.49. The maximum Gasteiger partial charge on any atom is 0.410 e. The minimum Gasteiger partial charge on any atom is -0.439 e. The third kappa shape index (κ3) is 4.38. The standard InChI is InChI=1S/C24H25N3O3/c1-25-23(28)17-30-24(29)27-14-12-26(13-15-27)22-10-8-19(9-11-22)21-7-6-18-4-2-3-5-20(18)16-21/h2-11,16H,12-15,17H2,1H3,(H,25,28). The minimum atomic E-state index is -0.440. The van der Waals surface area contributed by atoms with Crippen LogP contribution in [-0.4, -0.2) is 56.7 Å². The van der Waals surface area contributed by atoms with Gasteiger partial charge in [0.05, 0.1) is 0 Å². The molecule has 154 valence electrons. The van der Waals surface area contributed by atoms with Gasteiger partial charge in [0.15, 0.2) is 6.61 Å². The first-order valence-corrected chi connectivity index (χ1v) is 10.1. The molecule has 2 amide bonds. The smallest absolute Gasteiger partial charge is 0.410 e. The molecule has 1 fully saturated rings. The predicted molar refractivity (Wildman–Crippen MR) is 119 cm³/mol. The van der Waals surface area contributed by atoms with Crippen molar-refractivity contribution in [2.75, 3.05) is 44.7 Å². The molecule has 6 heteroatoms. The van der Waals surface area contributed by atoms with Gasteiger partial charge in [0.25, 0.3) is 5.91 Å². The predicted octanol–water partition coefficient (Wildman–Crippen LogP) is 3.51. The van der Waals surface area contributed by atoms with E-state index >= 15 is 0 Å². The molecule has 30 heavy (non-hydrogen) atoms. The number of rotatable bonds is 4. The number of carbonyl (C=O) groups excluding carboxylic acids is 2. The van der Waals surface area contributed by atoms with Crippen LogP contribution in [0.2, 0.25) is 0 Å². The molecule has 1 aliphatic heterocycles. The average molecular weight is 403 g/mol. The monoisotopic (exact) mass is 403 g/mol. The van der Waals surface area contributed by atoms with Gasteiger partial charge in [0.2, 0.25) is 0 Å². The molecule has 0 aromatic heterocycles. The second-order valence-electron chi connectivity index (χ2n) is 7.31. The highest BCUT2D eigenvalue weighted by Crippen LogP contribution is 2.27. The first-order valence-electron chi connectivity index (χ1n) is 10.1. The number of nitrogens with zero attached hydrogens (tertiary/aromatic N) is 2. The summed E-state index contributed by atoms with van der Waals surface area (Å²) in [6, 6.07) is 23.4. The van der Waals surface area contributed by atoms with Crippen molar-refractivity contribution in [1.29, 1.82) is 0 Å². The summed E-state index contributed by atoms with van der Waals surface area (Å²) in [6.07, 6.45) is -0.440. The molecule has 0 radical (unpaired) electrons. The summed E-state index contributed by atoms with van der Waals surface area (Å²) in [5, 5.41) is 4.91. The molecule has 1 saturated heterocycles. The highest BCUT2D eigenvalue weighted by Gasteiger charge is 2.22. The molecule has 0 bridgehead atoms. The quantitative estimate of drug-likeness (QED) is 0.724. The van der Waals surface area contributed by atoms with E-state index in [2.05, 4.69) is 76.9 Å². The molecule has 0 aliphatic carbocycles. The molecule has 6 nitrogen and oxygen atoms in total. The summed E-state index contributed by atoms with van der Waals surface area (Å²) in [7, 11) is 1.51. The zero-order valence-electron chi connectivity index (χ0n) is 17.0. The van der Waals surface area contributed by atoms with E-state index in [0.29, 0.717) is 13.1 Å². The zero-order chi connectivity index (χ0) is 20.9. The molecular formula is C24H25N3O3. The van der Waals surface area contributed by atoms with Crippen LogP contribution in [0.1, 0.15) is 0 Å². The lowest BCUT2D eigenvalue weighted by molar-refractivity contribution is -0.123. The van der Waals surface area contributed by atoms with E-state index in [1.54, 1.807) is 4.90 Å². The van der Waals surface area contributed by atoms with E-state index < -0.39 is 6.09 Å².